The van der Waals surface area contributed by atoms with E-state index in [9.17, 15) is 26.4 Å². The second-order valence-electron chi connectivity index (χ2n) is 9.08. The highest BCUT2D eigenvalue weighted by Crippen LogP contribution is 2.36. The highest BCUT2D eigenvalue weighted by Gasteiger charge is 2.34. The minimum Gasteiger partial charge on any atom is -0.376 e. The van der Waals surface area contributed by atoms with Crippen LogP contribution in [0.5, 0.6) is 0 Å². The molecule has 0 saturated carbocycles. The molecule has 2 aromatic carbocycles. The molecule has 0 spiro atoms. The van der Waals surface area contributed by atoms with E-state index in [1.807, 2.05) is 6.07 Å². The molecule has 4 rings (SSSR count). The van der Waals surface area contributed by atoms with Gasteiger partial charge in [-0.1, -0.05) is 6.07 Å². The Bertz CT molecular complexity index is 1190. The number of rotatable bonds is 5. The lowest BCUT2D eigenvalue weighted by atomic mass is 9.97. The molecule has 184 valence electrons. The van der Waals surface area contributed by atoms with Gasteiger partial charge in [-0.05, 0) is 73.6 Å². The Kier molecular flexibility index (Phi) is 6.65. The Hall–Kier alpha value is -2.59. The van der Waals surface area contributed by atoms with Gasteiger partial charge in [0.1, 0.15) is 0 Å². The predicted octanol–water partition coefficient (Wildman–Crippen LogP) is 4.30. The molecule has 1 aliphatic heterocycles. The van der Waals surface area contributed by atoms with Gasteiger partial charge in [-0.15, -0.1) is 0 Å². The first-order valence-electron chi connectivity index (χ1n) is 11.3. The van der Waals surface area contributed by atoms with Crippen LogP contribution < -0.4 is 10.2 Å². The average molecular weight is 496 g/mol. The lowest BCUT2D eigenvalue weighted by molar-refractivity contribution is -0.137. The fraction of sp³-hybridized carbons (Fsp3) is 0.458. The van der Waals surface area contributed by atoms with Gasteiger partial charge in [0.2, 0.25) is 15.9 Å². The molecule has 0 aromatic heterocycles. The highest BCUT2D eigenvalue weighted by molar-refractivity contribution is 7.89. The maximum absolute atomic E-state index is 13.2. The summed E-state index contributed by atoms with van der Waals surface area (Å²) < 4.78 is 67.1. The largest absolute Gasteiger partial charge is 0.416 e. The van der Waals surface area contributed by atoms with Crippen LogP contribution in [0.25, 0.3) is 0 Å². The van der Waals surface area contributed by atoms with Crippen molar-refractivity contribution in [2.45, 2.75) is 43.2 Å². The van der Waals surface area contributed by atoms with E-state index >= 15 is 0 Å². The van der Waals surface area contributed by atoms with E-state index in [2.05, 4.69) is 5.32 Å². The Morgan fingerprint density at radius 3 is 2.35 bits per heavy atom. The smallest absolute Gasteiger partial charge is 0.376 e. The number of carbonyl (C=O) groups excluding carboxylic acids is 1. The highest BCUT2D eigenvalue weighted by atomic mass is 32.2. The van der Waals surface area contributed by atoms with E-state index < -0.39 is 33.6 Å². The zero-order valence-corrected chi connectivity index (χ0v) is 20.0. The number of hydrogen-bond donors (Lipinski definition) is 1. The van der Waals surface area contributed by atoms with E-state index in [0.717, 1.165) is 37.0 Å². The summed E-state index contributed by atoms with van der Waals surface area (Å²) in [5, 5.41) is 2.64. The molecule has 0 bridgehead atoms. The average Bonchev–Trinajstić information content (AvgIpc) is 3.26. The van der Waals surface area contributed by atoms with E-state index in [4.69, 9.17) is 0 Å². The van der Waals surface area contributed by atoms with Crippen LogP contribution in [-0.2, 0) is 33.8 Å². The standard InChI is InChI=1S/C24H28F3N3O3S/c1-29(2)22-9-7-19(24(25,26)27)15-21(22)28-23(31)17-10-12-30(13-11-17)34(32,33)20-8-6-16-4-3-5-18(16)14-20/h6-9,14-15,17H,3-5,10-13H2,1-2H3,(H,28,31). The molecule has 1 saturated heterocycles. The van der Waals surface area contributed by atoms with Gasteiger partial charge in [0, 0.05) is 33.1 Å². The molecular formula is C24H28F3N3O3S. The zero-order valence-electron chi connectivity index (χ0n) is 19.2. The van der Waals surface area contributed by atoms with Gasteiger partial charge in [-0.3, -0.25) is 4.79 Å². The Morgan fingerprint density at radius 2 is 1.71 bits per heavy atom. The molecule has 2 aliphatic rings. The third-order valence-electron chi connectivity index (χ3n) is 6.60. The number of aryl methyl sites for hydroxylation is 2. The van der Waals surface area contributed by atoms with Crippen LogP contribution in [0.1, 0.15) is 36.0 Å². The summed E-state index contributed by atoms with van der Waals surface area (Å²) in [4.78, 5) is 14.8. The first-order valence-corrected chi connectivity index (χ1v) is 12.7. The number of nitrogens with one attached hydrogen (secondary N) is 1. The van der Waals surface area contributed by atoms with Crippen molar-refractivity contribution in [3.63, 3.8) is 0 Å². The number of piperidine rings is 1. The molecule has 1 aliphatic carbocycles. The number of benzene rings is 2. The van der Waals surface area contributed by atoms with Crippen molar-refractivity contribution in [1.82, 2.24) is 4.31 Å². The van der Waals surface area contributed by atoms with Crippen molar-refractivity contribution in [2.24, 2.45) is 5.92 Å². The van der Waals surface area contributed by atoms with Crippen molar-refractivity contribution in [3.05, 3.63) is 53.1 Å². The summed E-state index contributed by atoms with van der Waals surface area (Å²) in [5.41, 5.74) is 1.97. The molecule has 1 heterocycles. The number of hydrogen-bond acceptors (Lipinski definition) is 4. The van der Waals surface area contributed by atoms with Gasteiger partial charge >= 0.3 is 6.18 Å². The number of alkyl halides is 3. The van der Waals surface area contributed by atoms with Crippen LogP contribution in [0.3, 0.4) is 0 Å². The number of sulfonamides is 1. The van der Waals surface area contributed by atoms with E-state index in [1.54, 1.807) is 31.1 Å². The molecule has 1 amide bonds. The summed E-state index contributed by atoms with van der Waals surface area (Å²) in [6.45, 7) is 0.362. The summed E-state index contributed by atoms with van der Waals surface area (Å²) in [7, 11) is -0.299. The zero-order chi connectivity index (χ0) is 24.7. The van der Waals surface area contributed by atoms with Crippen LogP contribution >= 0.6 is 0 Å². The summed E-state index contributed by atoms with van der Waals surface area (Å²) in [6.07, 6.45) is -1.05. The number of amides is 1. The molecule has 6 nitrogen and oxygen atoms in total. The molecule has 1 N–H and O–H groups in total. The SMILES string of the molecule is CN(C)c1ccc(C(F)(F)F)cc1NC(=O)C1CCN(S(=O)(=O)c2ccc3c(c2)CCC3)CC1. The van der Waals surface area contributed by atoms with Gasteiger partial charge in [0.25, 0.3) is 0 Å². The number of fused-ring (bicyclic) bond motifs is 1. The summed E-state index contributed by atoms with van der Waals surface area (Å²) >= 11 is 0. The second-order valence-corrected chi connectivity index (χ2v) is 11.0. The summed E-state index contributed by atoms with van der Waals surface area (Å²) in [5.74, 6) is -0.895. The number of anilines is 2. The number of carbonyl (C=O) groups is 1. The lowest BCUT2D eigenvalue weighted by Gasteiger charge is -2.31. The Morgan fingerprint density at radius 1 is 1.03 bits per heavy atom. The van der Waals surface area contributed by atoms with Crippen LogP contribution in [0.4, 0.5) is 24.5 Å². The van der Waals surface area contributed by atoms with E-state index in [-0.39, 0.29) is 23.7 Å². The van der Waals surface area contributed by atoms with Gasteiger partial charge < -0.3 is 10.2 Å². The third kappa shape index (κ3) is 4.93. The van der Waals surface area contributed by atoms with Crippen molar-refractivity contribution < 1.29 is 26.4 Å². The van der Waals surface area contributed by atoms with Crippen LogP contribution in [0.2, 0.25) is 0 Å². The maximum atomic E-state index is 13.2. The Balaban J connectivity index is 1.44. The first-order chi connectivity index (χ1) is 16.0. The second kappa shape index (κ2) is 9.22. The molecular weight excluding hydrogens is 467 g/mol. The van der Waals surface area contributed by atoms with E-state index in [1.165, 1.54) is 15.9 Å². The number of nitrogens with zero attached hydrogens (tertiary/aromatic N) is 2. The lowest BCUT2D eigenvalue weighted by Crippen LogP contribution is -2.41. The maximum Gasteiger partial charge on any atom is 0.416 e. The van der Waals surface area contributed by atoms with E-state index in [0.29, 0.717) is 18.5 Å². The van der Waals surface area contributed by atoms with Crippen molar-refractivity contribution >= 4 is 27.3 Å². The topological polar surface area (TPSA) is 69.7 Å². The predicted molar refractivity (Wildman–Crippen MR) is 124 cm³/mol. The molecule has 34 heavy (non-hydrogen) atoms. The molecule has 10 heteroatoms. The van der Waals surface area contributed by atoms with Gasteiger partial charge in [-0.25, -0.2) is 8.42 Å². The third-order valence-corrected chi connectivity index (χ3v) is 8.49. The van der Waals surface area contributed by atoms with Gasteiger partial charge in [0.15, 0.2) is 0 Å². The molecule has 0 radical (unpaired) electrons. The molecule has 2 aromatic rings. The molecule has 0 atom stereocenters. The fourth-order valence-corrected chi connectivity index (χ4v) is 6.17. The van der Waals surface area contributed by atoms with Gasteiger partial charge in [0.05, 0.1) is 21.8 Å². The van der Waals surface area contributed by atoms with Gasteiger partial charge in [-0.2, -0.15) is 17.5 Å². The summed E-state index contributed by atoms with van der Waals surface area (Å²) in [6, 6.07) is 8.52. The van der Waals surface area contributed by atoms with Crippen LogP contribution in [-0.4, -0.2) is 45.8 Å². The normalized spacial score (nSPS) is 17.4. The van der Waals surface area contributed by atoms with Crippen LogP contribution in [0, 0.1) is 5.92 Å². The fourth-order valence-electron chi connectivity index (χ4n) is 4.65. The molecule has 0 unspecified atom stereocenters. The monoisotopic (exact) mass is 495 g/mol. The molecule has 1 fully saturated rings. The van der Waals surface area contributed by atoms with Crippen molar-refractivity contribution in [1.29, 1.82) is 0 Å². The first kappa shape index (κ1) is 24.5. The van der Waals surface area contributed by atoms with Crippen LogP contribution in [0.15, 0.2) is 41.3 Å². The minimum atomic E-state index is -4.53. The Labute approximate surface area is 197 Å². The minimum absolute atomic E-state index is 0.0815. The van der Waals surface area contributed by atoms with Crippen molar-refractivity contribution in [3.8, 4) is 0 Å². The quantitative estimate of drug-likeness (QED) is 0.672. The number of halogens is 3. The van der Waals surface area contributed by atoms with Crippen molar-refractivity contribution in [2.75, 3.05) is 37.4 Å².